The Morgan fingerprint density at radius 1 is 1.08 bits per heavy atom. The van der Waals surface area contributed by atoms with Crippen molar-refractivity contribution in [2.75, 3.05) is 19.7 Å². The van der Waals surface area contributed by atoms with Gasteiger partial charge in [-0.2, -0.15) is 4.72 Å². The molecule has 2 aromatic carbocycles. The molecule has 214 valence electrons. The summed E-state index contributed by atoms with van der Waals surface area (Å²) in [7, 11) is -4.20. The molecule has 0 bridgehead atoms. The molecule has 1 fully saturated rings. The molecular formula is C29H41N3O6S. The van der Waals surface area contributed by atoms with E-state index in [1.165, 1.54) is 43.5 Å². The highest BCUT2D eigenvalue weighted by molar-refractivity contribution is 7.89. The van der Waals surface area contributed by atoms with Gasteiger partial charge in [-0.05, 0) is 108 Å². The van der Waals surface area contributed by atoms with Crippen LogP contribution in [-0.4, -0.2) is 56.7 Å². The molecule has 3 rings (SSSR count). The van der Waals surface area contributed by atoms with Crippen LogP contribution in [0, 0.1) is 5.92 Å². The molecular weight excluding hydrogens is 518 g/mol. The molecule has 1 amide bonds. The van der Waals surface area contributed by atoms with Gasteiger partial charge in [-0.3, -0.25) is 9.59 Å². The molecule has 0 aliphatic carbocycles. The van der Waals surface area contributed by atoms with Gasteiger partial charge in [0, 0.05) is 11.1 Å². The van der Waals surface area contributed by atoms with Gasteiger partial charge in [0.25, 0.3) is 5.91 Å². The zero-order valence-electron chi connectivity index (χ0n) is 23.0. The lowest BCUT2D eigenvalue weighted by Crippen LogP contribution is -2.42. The third-order valence-electron chi connectivity index (χ3n) is 6.59. The summed E-state index contributed by atoms with van der Waals surface area (Å²) >= 11 is 0. The number of amides is 1. The van der Waals surface area contributed by atoms with E-state index in [0.717, 1.165) is 31.8 Å². The number of benzene rings is 2. The average molecular weight is 560 g/mol. The first-order valence-electron chi connectivity index (χ1n) is 13.5. The fourth-order valence-corrected chi connectivity index (χ4v) is 5.74. The molecule has 1 atom stereocenters. The second-order valence-corrected chi connectivity index (χ2v) is 12.8. The Kier molecular flexibility index (Phi) is 10.9. The number of carboxylic acid groups (broad SMARTS) is 1. The molecule has 1 aliphatic rings. The first-order valence-corrected chi connectivity index (χ1v) is 15.0. The highest BCUT2D eigenvalue weighted by Crippen LogP contribution is 2.20. The van der Waals surface area contributed by atoms with Crippen molar-refractivity contribution in [3.63, 3.8) is 0 Å². The van der Waals surface area contributed by atoms with Crippen LogP contribution in [0.2, 0.25) is 0 Å². The minimum absolute atomic E-state index is 0.0463. The normalized spacial score (nSPS) is 15.5. The molecule has 4 N–H and O–H groups in total. The van der Waals surface area contributed by atoms with Gasteiger partial charge < -0.3 is 20.5 Å². The van der Waals surface area contributed by atoms with Crippen LogP contribution in [0.4, 0.5) is 0 Å². The van der Waals surface area contributed by atoms with Crippen molar-refractivity contribution in [1.82, 2.24) is 15.4 Å². The van der Waals surface area contributed by atoms with E-state index in [4.69, 9.17) is 4.74 Å². The summed E-state index contributed by atoms with van der Waals surface area (Å²) in [5.41, 5.74) is 0.328. The Labute approximate surface area is 231 Å². The van der Waals surface area contributed by atoms with E-state index in [1.807, 2.05) is 20.8 Å². The van der Waals surface area contributed by atoms with Gasteiger partial charge in [0.1, 0.15) is 11.8 Å². The smallest absolute Gasteiger partial charge is 0.322 e. The predicted molar refractivity (Wildman–Crippen MR) is 150 cm³/mol. The van der Waals surface area contributed by atoms with Crippen LogP contribution in [0.25, 0.3) is 0 Å². The van der Waals surface area contributed by atoms with Crippen LogP contribution in [-0.2, 0) is 21.2 Å². The van der Waals surface area contributed by atoms with Crippen molar-refractivity contribution >= 4 is 21.9 Å². The monoisotopic (exact) mass is 559 g/mol. The third-order valence-corrected chi connectivity index (χ3v) is 8.06. The lowest BCUT2D eigenvalue weighted by Gasteiger charge is -2.22. The van der Waals surface area contributed by atoms with Crippen molar-refractivity contribution < 1.29 is 27.9 Å². The van der Waals surface area contributed by atoms with Crippen LogP contribution in [0.3, 0.4) is 0 Å². The molecule has 0 aromatic heterocycles. The van der Waals surface area contributed by atoms with Gasteiger partial charge in [-0.15, -0.1) is 0 Å². The minimum Gasteiger partial charge on any atom is -0.494 e. The van der Waals surface area contributed by atoms with Crippen molar-refractivity contribution in [3.8, 4) is 5.75 Å². The molecule has 10 heteroatoms. The van der Waals surface area contributed by atoms with Crippen LogP contribution in [0.1, 0.15) is 68.8 Å². The van der Waals surface area contributed by atoms with E-state index in [9.17, 15) is 23.1 Å². The Bertz CT molecular complexity index is 1200. The first kappa shape index (κ1) is 30.6. The van der Waals surface area contributed by atoms with Crippen molar-refractivity contribution in [2.45, 2.75) is 75.8 Å². The molecule has 1 saturated heterocycles. The van der Waals surface area contributed by atoms with Gasteiger partial charge in [0.2, 0.25) is 10.0 Å². The van der Waals surface area contributed by atoms with Crippen molar-refractivity contribution in [1.29, 1.82) is 0 Å². The summed E-state index contributed by atoms with van der Waals surface area (Å²) in [6, 6.07) is 11.2. The van der Waals surface area contributed by atoms with Crippen molar-refractivity contribution in [2.24, 2.45) is 5.92 Å². The molecule has 39 heavy (non-hydrogen) atoms. The maximum atomic E-state index is 13.0. The molecule has 0 radical (unpaired) electrons. The summed E-state index contributed by atoms with van der Waals surface area (Å²) in [6.07, 6.45) is 5.79. The Morgan fingerprint density at radius 2 is 1.77 bits per heavy atom. The van der Waals surface area contributed by atoms with Crippen LogP contribution in [0.15, 0.2) is 53.4 Å². The van der Waals surface area contributed by atoms with Gasteiger partial charge in [-0.1, -0.05) is 24.6 Å². The zero-order chi connectivity index (χ0) is 28.5. The molecule has 0 unspecified atom stereocenters. The molecule has 9 nitrogen and oxygen atoms in total. The highest BCUT2D eigenvalue weighted by Gasteiger charge is 2.27. The second kappa shape index (κ2) is 13.9. The van der Waals surface area contributed by atoms with E-state index in [1.54, 1.807) is 24.3 Å². The van der Waals surface area contributed by atoms with Gasteiger partial charge in [0.05, 0.1) is 11.5 Å². The number of rotatable bonds is 13. The van der Waals surface area contributed by atoms with E-state index in [0.29, 0.717) is 17.9 Å². The fourth-order valence-electron chi connectivity index (χ4n) is 4.50. The number of unbranched alkanes of at least 4 members (excludes halogenated alkanes) is 1. The lowest BCUT2D eigenvalue weighted by atomic mass is 9.93. The first-order chi connectivity index (χ1) is 18.4. The summed E-state index contributed by atoms with van der Waals surface area (Å²) in [4.78, 5) is 24.2. The highest BCUT2D eigenvalue weighted by atomic mass is 32.2. The second-order valence-electron chi connectivity index (χ2n) is 11.1. The number of carboxylic acids is 1. The number of carbonyl (C=O) groups is 2. The maximum Gasteiger partial charge on any atom is 0.322 e. The standard InChI is InChI=1S/C29H41N3O6S/c1-29(2,3)31-27(33)23-8-6-9-25(20-23)39(36,37)32-26(28(34)35)19-22-10-12-24(13-11-22)38-18-5-4-7-21-14-16-30-17-15-21/h6,8-13,20-21,26,30,32H,4-5,7,14-19H2,1-3H3,(H,31,33)(H,34,35)/t26-/m0/s1. The molecule has 1 heterocycles. The van der Waals surface area contributed by atoms with Crippen molar-refractivity contribution in [3.05, 3.63) is 59.7 Å². The summed E-state index contributed by atoms with van der Waals surface area (Å²) in [5, 5.41) is 15.9. The Hall–Kier alpha value is -2.95. The minimum atomic E-state index is -4.20. The number of sulfonamides is 1. The van der Waals surface area contributed by atoms with E-state index in [-0.39, 0.29) is 16.9 Å². The topological polar surface area (TPSA) is 134 Å². The number of piperidine rings is 1. The number of hydrogen-bond acceptors (Lipinski definition) is 6. The third kappa shape index (κ3) is 10.3. The fraction of sp³-hybridized carbons (Fsp3) is 0.517. The van der Waals surface area contributed by atoms with Crippen LogP contribution in [0.5, 0.6) is 5.75 Å². The van der Waals surface area contributed by atoms with E-state index in [2.05, 4.69) is 15.4 Å². The number of ether oxygens (including phenoxy) is 1. The summed E-state index contributed by atoms with van der Waals surface area (Å²) < 4.78 is 34.1. The average Bonchev–Trinajstić information content (AvgIpc) is 2.88. The SMILES string of the molecule is CC(C)(C)NC(=O)c1cccc(S(=O)(=O)N[C@@H](Cc2ccc(OCCCCC3CCNCC3)cc2)C(=O)O)c1. The quantitative estimate of drug-likeness (QED) is 0.275. The summed E-state index contributed by atoms with van der Waals surface area (Å²) in [5.74, 6) is -0.215. The zero-order valence-corrected chi connectivity index (χ0v) is 23.9. The molecule has 2 aromatic rings. The van der Waals surface area contributed by atoms with E-state index >= 15 is 0 Å². The molecule has 1 aliphatic heterocycles. The Morgan fingerprint density at radius 3 is 2.41 bits per heavy atom. The number of carbonyl (C=O) groups excluding carboxylic acids is 1. The number of hydrogen-bond donors (Lipinski definition) is 4. The predicted octanol–water partition coefficient (Wildman–Crippen LogP) is 3.74. The summed E-state index contributed by atoms with van der Waals surface area (Å²) in [6.45, 7) is 8.30. The Balaban J connectivity index is 1.54. The largest absolute Gasteiger partial charge is 0.494 e. The van der Waals surface area contributed by atoms with E-state index < -0.39 is 33.5 Å². The number of nitrogens with one attached hydrogen (secondary N) is 3. The molecule has 0 spiro atoms. The lowest BCUT2D eigenvalue weighted by molar-refractivity contribution is -0.138. The number of aliphatic carboxylic acids is 1. The van der Waals surface area contributed by atoms with Crippen LogP contribution < -0.4 is 20.1 Å². The maximum absolute atomic E-state index is 13.0. The van der Waals surface area contributed by atoms with Gasteiger partial charge in [-0.25, -0.2) is 8.42 Å². The molecule has 0 saturated carbocycles. The van der Waals surface area contributed by atoms with Gasteiger partial charge >= 0.3 is 5.97 Å². The van der Waals surface area contributed by atoms with Gasteiger partial charge in [0.15, 0.2) is 0 Å². The van der Waals surface area contributed by atoms with Crippen LogP contribution >= 0.6 is 0 Å².